The van der Waals surface area contributed by atoms with E-state index in [1.54, 1.807) is 7.05 Å². The van der Waals surface area contributed by atoms with E-state index in [9.17, 15) is 4.79 Å². The van der Waals surface area contributed by atoms with E-state index < -0.39 is 0 Å². The van der Waals surface area contributed by atoms with Crippen LogP contribution >= 0.6 is 24.0 Å². The Morgan fingerprint density at radius 2 is 1.75 bits per heavy atom. The summed E-state index contributed by atoms with van der Waals surface area (Å²) in [7, 11) is 1.75. The molecule has 0 bridgehead atoms. The van der Waals surface area contributed by atoms with Gasteiger partial charge in [-0.3, -0.25) is 9.79 Å². The maximum atomic E-state index is 11.9. The number of hydrogen-bond donors (Lipinski definition) is 3. The Kier molecular flexibility index (Phi) is 10.7. The monoisotopic (exact) mass is 446 g/mol. The number of carbonyl (C=O) groups excluding carboxylic acids is 1. The number of carbonyl (C=O) groups is 1. The molecule has 1 aromatic carbocycles. The fourth-order valence-electron chi connectivity index (χ4n) is 1.97. The molecule has 24 heavy (non-hydrogen) atoms. The van der Waals surface area contributed by atoms with Crippen LogP contribution in [-0.4, -0.2) is 31.0 Å². The Balaban J connectivity index is 0.00000529. The van der Waals surface area contributed by atoms with Crippen LogP contribution in [0.2, 0.25) is 0 Å². The number of amides is 1. The van der Waals surface area contributed by atoms with E-state index in [1.807, 2.05) is 24.3 Å². The highest BCUT2D eigenvalue weighted by molar-refractivity contribution is 14.0. The average Bonchev–Trinajstić information content (AvgIpc) is 2.51. The summed E-state index contributed by atoms with van der Waals surface area (Å²) in [6.45, 7) is 9.76. The number of nitrogens with one attached hydrogen (secondary N) is 3. The van der Waals surface area contributed by atoms with Crippen molar-refractivity contribution in [1.29, 1.82) is 0 Å². The van der Waals surface area contributed by atoms with E-state index in [1.165, 1.54) is 0 Å². The van der Waals surface area contributed by atoms with Gasteiger partial charge in [0.05, 0.1) is 0 Å². The maximum Gasteiger partial charge on any atom is 0.251 e. The molecule has 0 spiro atoms. The lowest BCUT2D eigenvalue weighted by atomic mass is 10.1. The minimum absolute atomic E-state index is 0. The van der Waals surface area contributed by atoms with E-state index in [-0.39, 0.29) is 35.4 Å². The second-order valence-corrected chi connectivity index (χ2v) is 6.61. The highest BCUT2D eigenvalue weighted by atomic mass is 127. The first kappa shape index (κ1) is 22.7. The molecule has 0 unspecified atom stereocenters. The molecule has 0 atom stereocenters. The average molecular weight is 446 g/mol. The van der Waals surface area contributed by atoms with Crippen molar-refractivity contribution in [2.45, 2.75) is 52.6 Å². The molecule has 0 heterocycles. The van der Waals surface area contributed by atoms with Crippen LogP contribution in [-0.2, 0) is 6.54 Å². The third kappa shape index (κ3) is 9.10. The molecule has 1 rings (SSSR count). The van der Waals surface area contributed by atoms with Crippen LogP contribution in [0.4, 0.5) is 0 Å². The molecule has 0 radical (unpaired) electrons. The van der Waals surface area contributed by atoms with Crippen LogP contribution in [0.3, 0.4) is 0 Å². The van der Waals surface area contributed by atoms with Gasteiger partial charge in [0.2, 0.25) is 0 Å². The van der Waals surface area contributed by atoms with E-state index in [2.05, 4.69) is 48.6 Å². The lowest BCUT2D eigenvalue weighted by molar-refractivity contribution is 0.0953. The molecule has 0 aromatic heterocycles. The summed E-state index contributed by atoms with van der Waals surface area (Å²) < 4.78 is 0. The highest BCUT2D eigenvalue weighted by Crippen LogP contribution is 2.05. The zero-order valence-corrected chi connectivity index (χ0v) is 17.7. The van der Waals surface area contributed by atoms with Gasteiger partial charge in [0.15, 0.2) is 5.96 Å². The summed E-state index contributed by atoms with van der Waals surface area (Å²) in [6, 6.07) is 7.65. The van der Waals surface area contributed by atoms with E-state index >= 15 is 0 Å². The van der Waals surface area contributed by atoms with Crippen LogP contribution < -0.4 is 16.0 Å². The molecule has 0 saturated carbocycles. The lowest BCUT2D eigenvalue weighted by Crippen LogP contribution is -2.47. The maximum absolute atomic E-state index is 11.9. The molecule has 5 nitrogen and oxygen atoms in total. The van der Waals surface area contributed by atoms with Crippen molar-refractivity contribution in [2.75, 3.05) is 13.6 Å². The van der Waals surface area contributed by atoms with E-state index in [4.69, 9.17) is 0 Å². The van der Waals surface area contributed by atoms with Crippen LogP contribution in [0.15, 0.2) is 29.3 Å². The molecule has 0 fully saturated rings. The molecule has 0 aliphatic rings. The van der Waals surface area contributed by atoms with Crippen LogP contribution in [0.25, 0.3) is 0 Å². The van der Waals surface area contributed by atoms with Crippen molar-refractivity contribution in [3.8, 4) is 0 Å². The Morgan fingerprint density at radius 1 is 1.12 bits per heavy atom. The Bertz CT molecular complexity index is 521. The van der Waals surface area contributed by atoms with Gasteiger partial charge in [-0.05, 0) is 44.9 Å². The number of aliphatic imine (C=N–C) groups is 1. The number of hydrogen-bond acceptors (Lipinski definition) is 2. The van der Waals surface area contributed by atoms with Gasteiger partial charge in [-0.15, -0.1) is 24.0 Å². The number of halogens is 1. The van der Waals surface area contributed by atoms with E-state index in [0.717, 1.165) is 30.9 Å². The first-order valence-electron chi connectivity index (χ1n) is 8.21. The predicted molar refractivity (Wildman–Crippen MR) is 112 cm³/mol. The molecule has 0 saturated heterocycles. The van der Waals surface area contributed by atoms with Crippen LogP contribution in [0, 0.1) is 0 Å². The van der Waals surface area contributed by atoms with Crippen molar-refractivity contribution >= 4 is 35.8 Å². The summed E-state index contributed by atoms with van der Waals surface area (Å²) in [5.41, 5.74) is 1.76. The number of nitrogens with zero attached hydrogens (tertiary/aromatic N) is 1. The van der Waals surface area contributed by atoms with Gasteiger partial charge >= 0.3 is 0 Å². The second kappa shape index (κ2) is 11.3. The van der Waals surface area contributed by atoms with Crippen molar-refractivity contribution in [1.82, 2.24) is 16.0 Å². The quantitative estimate of drug-likeness (QED) is 0.272. The third-order valence-corrected chi connectivity index (χ3v) is 3.21. The Hall–Kier alpha value is -1.31. The summed E-state index contributed by atoms with van der Waals surface area (Å²) >= 11 is 0. The zero-order chi connectivity index (χ0) is 17.3. The minimum Gasteiger partial charge on any atom is -0.352 e. The van der Waals surface area contributed by atoms with Crippen LogP contribution in [0.1, 0.15) is 56.5 Å². The minimum atomic E-state index is -0.0394. The number of unbranched alkanes of at least 4 members (excludes halogenated alkanes) is 1. The molecule has 1 aromatic rings. The van der Waals surface area contributed by atoms with Gasteiger partial charge in [-0.2, -0.15) is 0 Å². The summed E-state index contributed by atoms with van der Waals surface area (Å²) in [4.78, 5) is 16.2. The standard InChI is InChI=1S/C18H30N4O.HI/c1-6-7-12-20-16(23)15-10-8-14(9-11-15)13-21-17(19-5)22-18(2,3)4;/h8-11H,6-7,12-13H2,1-5H3,(H,20,23)(H2,19,21,22);1H. The van der Waals surface area contributed by atoms with Crippen LogP contribution in [0.5, 0.6) is 0 Å². The van der Waals surface area contributed by atoms with Crippen molar-refractivity contribution in [3.05, 3.63) is 35.4 Å². The molecule has 1 amide bonds. The summed E-state index contributed by atoms with van der Waals surface area (Å²) in [5, 5.41) is 9.50. The molecule has 6 heteroatoms. The predicted octanol–water partition coefficient (Wildman–Crippen LogP) is 3.30. The van der Waals surface area contributed by atoms with Gasteiger partial charge < -0.3 is 16.0 Å². The van der Waals surface area contributed by atoms with Crippen molar-refractivity contribution < 1.29 is 4.79 Å². The van der Waals surface area contributed by atoms with Crippen molar-refractivity contribution in [2.24, 2.45) is 4.99 Å². The molecule has 3 N–H and O–H groups in total. The normalized spacial score (nSPS) is 11.5. The first-order chi connectivity index (χ1) is 10.9. The van der Waals surface area contributed by atoms with Gasteiger partial charge in [-0.1, -0.05) is 25.5 Å². The molecule has 0 aliphatic heterocycles. The molecular formula is C18H31IN4O. The SMILES string of the molecule is CCCCNC(=O)c1ccc(CNC(=NC)NC(C)(C)C)cc1.I. The first-order valence-corrected chi connectivity index (χ1v) is 8.21. The van der Waals surface area contributed by atoms with Gasteiger partial charge in [0.25, 0.3) is 5.91 Å². The van der Waals surface area contributed by atoms with Crippen molar-refractivity contribution in [3.63, 3.8) is 0 Å². The van der Waals surface area contributed by atoms with Gasteiger partial charge in [0, 0.05) is 31.2 Å². The Labute approximate surface area is 163 Å². The molecule has 0 aliphatic carbocycles. The smallest absolute Gasteiger partial charge is 0.251 e. The third-order valence-electron chi connectivity index (χ3n) is 3.21. The number of benzene rings is 1. The summed E-state index contributed by atoms with van der Waals surface area (Å²) in [6.07, 6.45) is 2.09. The summed E-state index contributed by atoms with van der Waals surface area (Å²) in [5.74, 6) is 0.752. The molecular weight excluding hydrogens is 415 g/mol. The van der Waals surface area contributed by atoms with Gasteiger partial charge in [-0.25, -0.2) is 0 Å². The Morgan fingerprint density at radius 3 is 2.25 bits per heavy atom. The highest BCUT2D eigenvalue weighted by Gasteiger charge is 2.11. The molecule has 136 valence electrons. The number of rotatable bonds is 6. The van der Waals surface area contributed by atoms with E-state index in [0.29, 0.717) is 12.1 Å². The second-order valence-electron chi connectivity index (χ2n) is 6.61. The number of guanidine groups is 1. The zero-order valence-electron chi connectivity index (χ0n) is 15.4. The lowest BCUT2D eigenvalue weighted by Gasteiger charge is -2.23. The fourth-order valence-corrected chi connectivity index (χ4v) is 1.97. The largest absolute Gasteiger partial charge is 0.352 e. The van der Waals surface area contributed by atoms with Gasteiger partial charge in [0.1, 0.15) is 0 Å². The fraction of sp³-hybridized carbons (Fsp3) is 0.556. The topological polar surface area (TPSA) is 65.5 Å².